The predicted molar refractivity (Wildman–Crippen MR) is 80.1 cm³/mol. The maximum absolute atomic E-state index is 3.47. The summed E-state index contributed by atoms with van der Waals surface area (Å²) in [6.45, 7) is 10.7. The van der Waals surface area contributed by atoms with Crippen molar-refractivity contribution in [3.63, 3.8) is 0 Å². The molecule has 0 aromatic heterocycles. The minimum Gasteiger partial charge on any atom is -0.312 e. The normalized spacial score (nSPS) is 28.1. The van der Waals surface area contributed by atoms with Crippen LogP contribution in [0, 0.1) is 11.8 Å². The molecule has 0 radical (unpaired) electrons. The lowest BCUT2D eigenvalue weighted by molar-refractivity contribution is 0.134. The standard InChI is InChI=1S/C17H26N2/c1-13-8-14(2)11-19(10-13)12-16-5-3-4-15-9-18-7-6-17(15)16/h3-5,13-14,18H,6-12H2,1-2H3. The molecule has 1 aromatic rings. The molecular weight excluding hydrogens is 232 g/mol. The average Bonchev–Trinajstić information content (AvgIpc) is 2.38. The summed E-state index contributed by atoms with van der Waals surface area (Å²) in [6, 6.07) is 6.86. The zero-order valence-electron chi connectivity index (χ0n) is 12.3. The molecule has 0 spiro atoms. The van der Waals surface area contributed by atoms with Crippen molar-refractivity contribution in [3.05, 3.63) is 34.9 Å². The Morgan fingerprint density at radius 2 is 2.00 bits per heavy atom. The van der Waals surface area contributed by atoms with Gasteiger partial charge in [0.05, 0.1) is 0 Å². The largest absolute Gasteiger partial charge is 0.312 e. The lowest BCUT2D eigenvalue weighted by Crippen LogP contribution is -2.38. The number of nitrogens with zero attached hydrogens (tertiary/aromatic N) is 1. The summed E-state index contributed by atoms with van der Waals surface area (Å²) in [4.78, 5) is 2.66. The Balaban J connectivity index is 1.76. The van der Waals surface area contributed by atoms with Crippen LogP contribution in [0.15, 0.2) is 18.2 Å². The second-order valence-corrected chi connectivity index (χ2v) is 6.62. The molecule has 2 aliphatic rings. The van der Waals surface area contributed by atoms with Crippen LogP contribution in [-0.4, -0.2) is 24.5 Å². The molecule has 2 atom stereocenters. The van der Waals surface area contributed by atoms with Gasteiger partial charge in [0.25, 0.3) is 0 Å². The van der Waals surface area contributed by atoms with Gasteiger partial charge in [-0.15, -0.1) is 0 Å². The molecule has 1 N–H and O–H groups in total. The third kappa shape index (κ3) is 3.01. The maximum Gasteiger partial charge on any atom is 0.0236 e. The zero-order valence-corrected chi connectivity index (χ0v) is 12.3. The third-order valence-electron chi connectivity index (χ3n) is 4.58. The summed E-state index contributed by atoms with van der Waals surface area (Å²) in [5, 5.41) is 3.47. The Bertz CT molecular complexity index is 431. The first-order valence-corrected chi connectivity index (χ1v) is 7.75. The molecule has 0 aliphatic carbocycles. The third-order valence-corrected chi connectivity index (χ3v) is 4.58. The van der Waals surface area contributed by atoms with E-state index in [4.69, 9.17) is 0 Å². The molecule has 2 aliphatic heterocycles. The van der Waals surface area contributed by atoms with Gasteiger partial charge in [0.1, 0.15) is 0 Å². The van der Waals surface area contributed by atoms with E-state index in [2.05, 4.69) is 42.3 Å². The smallest absolute Gasteiger partial charge is 0.0236 e. The first kappa shape index (κ1) is 13.1. The quantitative estimate of drug-likeness (QED) is 0.877. The van der Waals surface area contributed by atoms with Crippen LogP contribution in [0.4, 0.5) is 0 Å². The monoisotopic (exact) mass is 258 g/mol. The molecule has 3 rings (SSSR count). The molecule has 0 bridgehead atoms. The Morgan fingerprint density at radius 3 is 2.79 bits per heavy atom. The summed E-state index contributed by atoms with van der Waals surface area (Å²) in [7, 11) is 0. The number of piperidine rings is 1. The van der Waals surface area contributed by atoms with E-state index < -0.39 is 0 Å². The highest BCUT2D eigenvalue weighted by molar-refractivity contribution is 5.37. The van der Waals surface area contributed by atoms with Gasteiger partial charge in [-0.05, 0) is 47.9 Å². The topological polar surface area (TPSA) is 15.3 Å². The lowest BCUT2D eigenvalue weighted by atomic mass is 9.90. The van der Waals surface area contributed by atoms with Crippen molar-refractivity contribution in [1.82, 2.24) is 10.2 Å². The van der Waals surface area contributed by atoms with Gasteiger partial charge in [0.15, 0.2) is 0 Å². The van der Waals surface area contributed by atoms with Gasteiger partial charge in [-0.3, -0.25) is 4.90 Å². The minimum absolute atomic E-state index is 0.852. The van der Waals surface area contributed by atoms with Crippen LogP contribution in [0.1, 0.15) is 37.0 Å². The maximum atomic E-state index is 3.47. The highest BCUT2D eigenvalue weighted by atomic mass is 15.1. The van der Waals surface area contributed by atoms with Crippen molar-refractivity contribution in [3.8, 4) is 0 Å². The molecule has 2 heteroatoms. The molecule has 19 heavy (non-hydrogen) atoms. The van der Waals surface area contributed by atoms with Gasteiger partial charge >= 0.3 is 0 Å². The van der Waals surface area contributed by atoms with E-state index in [-0.39, 0.29) is 0 Å². The summed E-state index contributed by atoms with van der Waals surface area (Å²) in [5.74, 6) is 1.70. The molecule has 1 aromatic carbocycles. The average molecular weight is 258 g/mol. The Labute approximate surface area is 117 Å². The first-order valence-electron chi connectivity index (χ1n) is 7.75. The van der Waals surface area contributed by atoms with Crippen LogP contribution in [0.5, 0.6) is 0 Å². The number of benzene rings is 1. The Morgan fingerprint density at radius 1 is 1.21 bits per heavy atom. The molecule has 0 amide bonds. The van der Waals surface area contributed by atoms with E-state index in [1.165, 1.54) is 31.5 Å². The van der Waals surface area contributed by atoms with Crippen LogP contribution < -0.4 is 5.32 Å². The number of hydrogen-bond donors (Lipinski definition) is 1. The van der Waals surface area contributed by atoms with E-state index in [0.717, 1.165) is 31.5 Å². The van der Waals surface area contributed by atoms with Crippen LogP contribution in [-0.2, 0) is 19.5 Å². The van der Waals surface area contributed by atoms with Crippen LogP contribution in [0.3, 0.4) is 0 Å². The molecule has 1 saturated heterocycles. The van der Waals surface area contributed by atoms with Crippen molar-refractivity contribution in [2.45, 2.75) is 39.8 Å². The SMILES string of the molecule is CC1CC(C)CN(Cc2cccc3c2CCNC3)C1. The van der Waals surface area contributed by atoms with Crippen molar-refractivity contribution >= 4 is 0 Å². The van der Waals surface area contributed by atoms with E-state index in [0.29, 0.717) is 0 Å². The summed E-state index contributed by atoms with van der Waals surface area (Å²) >= 11 is 0. The zero-order chi connectivity index (χ0) is 13.2. The summed E-state index contributed by atoms with van der Waals surface area (Å²) < 4.78 is 0. The van der Waals surface area contributed by atoms with E-state index in [9.17, 15) is 0 Å². The van der Waals surface area contributed by atoms with E-state index in [1.807, 2.05) is 0 Å². The fraction of sp³-hybridized carbons (Fsp3) is 0.647. The Hall–Kier alpha value is -0.860. The van der Waals surface area contributed by atoms with E-state index >= 15 is 0 Å². The van der Waals surface area contributed by atoms with Gasteiger partial charge in [-0.25, -0.2) is 0 Å². The molecule has 2 nitrogen and oxygen atoms in total. The van der Waals surface area contributed by atoms with Gasteiger partial charge in [-0.2, -0.15) is 0 Å². The van der Waals surface area contributed by atoms with Crippen molar-refractivity contribution < 1.29 is 0 Å². The first-order chi connectivity index (χ1) is 9.22. The molecule has 1 fully saturated rings. The van der Waals surface area contributed by atoms with Gasteiger partial charge < -0.3 is 5.32 Å². The fourth-order valence-corrected chi connectivity index (χ4v) is 3.92. The van der Waals surface area contributed by atoms with Crippen molar-refractivity contribution in [2.75, 3.05) is 19.6 Å². The summed E-state index contributed by atoms with van der Waals surface area (Å²) in [5.41, 5.74) is 4.70. The van der Waals surface area contributed by atoms with Gasteiger partial charge in [-0.1, -0.05) is 32.0 Å². The number of hydrogen-bond acceptors (Lipinski definition) is 2. The van der Waals surface area contributed by atoms with Crippen LogP contribution >= 0.6 is 0 Å². The number of likely N-dealkylation sites (tertiary alicyclic amines) is 1. The second-order valence-electron chi connectivity index (χ2n) is 6.62. The number of rotatable bonds is 2. The predicted octanol–water partition coefficient (Wildman–Crippen LogP) is 2.81. The van der Waals surface area contributed by atoms with Crippen LogP contribution in [0.2, 0.25) is 0 Å². The van der Waals surface area contributed by atoms with Gasteiger partial charge in [0, 0.05) is 26.2 Å². The van der Waals surface area contributed by atoms with Crippen molar-refractivity contribution in [2.24, 2.45) is 11.8 Å². The highest BCUT2D eigenvalue weighted by Crippen LogP contribution is 2.25. The molecule has 0 saturated carbocycles. The fourth-order valence-electron chi connectivity index (χ4n) is 3.92. The molecule has 104 valence electrons. The Kier molecular flexibility index (Phi) is 3.90. The number of nitrogens with one attached hydrogen (secondary N) is 1. The molecule has 2 heterocycles. The lowest BCUT2D eigenvalue weighted by Gasteiger charge is -2.35. The molecule has 2 unspecified atom stereocenters. The molecular formula is C17H26N2. The summed E-state index contributed by atoms with van der Waals surface area (Å²) in [6.07, 6.45) is 2.60. The van der Waals surface area contributed by atoms with Crippen molar-refractivity contribution in [1.29, 1.82) is 0 Å². The number of fused-ring (bicyclic) bond motifs is 1. The van der Waals surface area contributed by atoms with Crippen LogP contribution in [0.25, 0.3) is 0 Å². The van der Waals surface area contributed by atoms with Gasteiger partial charge in [0.2, 0.25) is 0 Å². The second kappa shape index (κ2) is 5.64. The minimum atomic E-state index is 0.852. The van der Waals surface area contributed by atoms with E-state index in [1.54, 1.807) is 11.1 Å². The highest BCUT2D eigenvalue weighted by Gasteiger charge is 2.23.